The summed E-state index contributed by atoms with van der Waals surface area (Å²) >= 11 is 1.54. The summed E-state index contributed by atoms with van der Waals surface area (Å²) < 4.78 is 0. The Hall–Kier alpha value is -1.47. The molecule has 1 atom stereocenters. The van der Waals surface area contributed by atoms with Crippen molar-refractivity contribution in [2.45, 2.75) is 38.1 Å². The van der Waals surface area contributed by atoms with Gasteiger partial charge in [0.25, 0.3) is 0 Å². The number of carboxylic acid groups (broad SMARTS) is 1. The van der Waals surface area contributed by atoms with Crippen LogP contribution < -0.4 is 5.32 Å². The Balaban J connectivity index is 1.58. The van der Waals surface area contributed by atoms with Crippen molar-refractivity contribution in [3.8, 4) is 0 Å². The van der Waals surface area contributed by atoms with Crippen LogP contribution in [0.15, 0.2) is 0 Å². The van der Waals surface area contributed by atoms with E-state index in [0.29, 0.717) is 18.1 Å². The molecular formula is C13H17N3O3S. The van der Waals surface area contributed by atoms with Crippen molar-refractivity contribution in [3.05, 3.63) is 10.6 Å². The average molecular weight is 295 g/mol. The van der Waals surface area contributed by atoms with Crippen LogP contribution in [0, 0.1) is 0 Å². The van der Waals surface area contributed by atoms with Crippen LogP contribution in [0.4, 0.5) is 5.13 Å². The van der Waals surface area contributed by atoms with Gasteiger partial charge in [0.15, 0.2) is 5.13 Å². The van der Waals surface area contributed by atoms with Gasteiger partial charge in [-0.15, -0.1) is 11.3 Å². The lowest BCUT2D eigenvalue weighted by Gasteiger charge is -2.19. The van der Waals surface area contributed by atoms with Crippen LogP contribution in [0.2, 0.25) is 0 Å². The number of aliphatic carboxylic acids is 1. The van der Waals surface area contributed by atoms with Gasteiger partial charge in [0.2, 0.25) is 5.91 Å². The Labute approximate surface area is 120 Å². The highest BCUT2D eigenvalue weighted by Gasteiger charge is 2.31. The first-order valence-electron chi connectivity index (χ1n) is 6.89. The van der Waals surface area contributed by atoms with E-state index in [0.717, 1.165) is 31.4 Å². The van der Waals surface area contributed by atoms with E-state index in [1.54, 1.807) is 4.90 Å². The van der Waals surface area contributed by atoms with E-state index in [4.69, 9.17) is 5.11 Å². The fourth-order valence-electron chi connectivity index (χ4n) is 2.88. The highest BCUT2D eigenvalue weighted by Crippen LogP contribution is 2.30. The summed E-state index contributed by atoms with van der Waals surface area (Å²) in [5.74, 6) is -1.02. The van der Waals surface area contributed by atoms with E-state index >= 15 is 0 Å². The largest absolute Gasteiger partial charge is 0.480 e. The number of hydrogen-bond donors (Lipinski definition) is 2. The lowest BCUT2D eigenvalue weighted by Crippen LogP contribution is -2.40. The summed E-state index contributed by atoms with van der Waals surface area (Å²) in [6, 6.07) is -0.526. The number of aryl methyl sites for hydroxylation is 2. The molecule has 0 radical (unpaired) electrons. The standard InChI is InChI=1S/C13H17N3O3S/c17-11(7-16-6-2-4-9(16)12(18)19)15-13-14-8-3-1-5-10(8)20-13/h9H,1-7H2,(H,18,19)(H,14,15,17). The minimum absolute atomic E-state index is 0.126. The lowest BCUT2D eigenvalue weighted by molar-refractivity contribution is -0.142. The zero-order valence-corrected chi connectivity index (χ0v) is 11.9. The van der Waals surface area contributed by atoms with Gasteiger partial charge in [0.1, 0.15) is 6.04 Å². The first kappa shape index (κ1) is 13.5. The molecular weight excluding hydrogens is 278 g/mol. The van der Waals surface area contributed by atoms with Gasteiger partial charge in [-0.25, -0.2) is 4.98 Å². The summed E-state index contributed by atoms with van der Waals surface area (Å²) in [6.07, 6.45) is 4.64. The summed E-state index contributed by atoms with van der Waals surface area (Å²) in [4.78, 5) is 30.4. The third kappa shape index (κ3) is 2.69. The molecule has 2 heterocycles. The number of anilines is 1. The van der Waals surface area contributed by atoms with E-state index in [1.807, 2.05) is 0 Å². The average Bonchev–Trinajstić information content (AvgIpc) is 3.03. The van der Waals surface area contributed by atoms with E-state index in [-0.39, 0.29) is 12.5 Å². The minimum Gasteiger partial charge on any atom is -0.480 e. The Bertz CT molecular complexity index is 521. The lowest BCUT2D eigenvalue weighted by atomic mass is 10.2. The van der Waals surface area contributed by atoms with Gasteiger partial charge in [0.05, 0.1) is 12.2 Å². The third-order valence-corrected chi connectivity index (χ3v) is 4.91. The smallest absolute Gasteiger partial charge is 0.320 e. The molecule has 1 aliphatic heterocycles. The topological polar surface area (TPSA) is 82.5 Å². The Morgan fingerprint density at radius 3 is 3.00 bits per heavy atom. The second-order valence-electron chi connectivity index (χ2n) is 5.26. The molecule has 3 rings (SSSR count). The molecule has 1 fully saturated rings. The van der Waals surface area contributed by atoms with Gasteiger partial charge in [-0.2, -0.15) is 0 Å². The van der Waals surface area contributed by atoms with Gasteiger partial charge in [0, 0.05) is 4.88 Å². The number of carbonyl (C=O) groups is 2. The van der Waals surface area contributed by atoms with Gasteiger partial charge in [-0.05, 0) is 38.6 Å². The Morgan fingerprint density at radius 1 is 1.40 bits per heavy atom. The molecule has 1 unspecified atom stereocenters. The number of likely N-dealkylation sites (tertiary alicyclic amines) is 1. The van der Waals surface area contributed by atoms with Crippen molar-refractivity contribution in [2.24, 2.45) is 0 Å². The predicted molar refractivity (Wildman–Crippen MR) is 75.0 cm³/mol. The molecule has 108 valence electrons. The van der Waals surface area contributed by atoms with E-state index < -0.39 is 12.0 Å². The number of nitrogens with one attached hydrogen (secondary N) is 1. The fourth-order valence-corrected chi connectivity index (χ4v) is 3.95. The highest BCUT2D eigenvalue weighted by molar-refractivity contribution is 7.15. The van der Waals surface area contributed by atoms with Crippen molar-refractivity contribution in [1.82, 2.24) is 9.88 Å². The van der Waals surface area contributed by atoms with Gasteiger partial charge < -0.3 is 10.4 Å². The second-order valence-corrected chi connectivity index (χ2v) is 6.34. The first-order valence-corrected chi connectivity index (χ1v) is 7.70. The van der Waals surface area contributed by atoms with Crippen LogP contribution in [0.25, 0.3) is 0 Å². The van der Waals surface area contributed by atoms with Crippen LogP contribution >= 0.6 is 11.3 Å². The second kappa shape index (κ2) is 5.49. The highest BCUT2D eigenvalue weighted by atomic mass is 32.1. The van der Waals surface area contributed by atoms with Crippen LogP contribution in [0.1, 0.15) is 29.8 Å². The SMILES string of the molecule is O=C(CN1CCCC1C(=O)O)Nc1nc2c(s1)CCC2. The third-order valence-electron chi connectivity index (χ3n) is 3.84. The van der Waals surface area contributed by atoms with Gasteiger partial charge >= 0.3 is 5.97 Å². The maximum atomic E-state index is 12.0. The number of hydrogen-bond acceptors (Lipinski definition) is 5. The van der Waals surface area contributed by atoms with Crippen molar-refractivity contribution < 1.29 is 14.7 Å². The molecule has 0 bridgehead atoms. The summed E-state index contributed by atoms with van der Waals surface area (Å²) in [7, 11) is 0. The molecule has 20 heavy (non-hydrogen) atoms. The van der Waals surface area contributed by atoms with Gasteiger partial charge in [-0.3, -0.25) is 14.5 Å². The summed E-state index contributed by atoms with van der Waals surface area (Å²) in [5, 5.41) is 12.5. The molecule has 0 aromatic carbocycles. The number of carbonyl (C=O) groups excluding carboxylic acids is 1. The Morgan fingerprint density at radius 2 is 2.25 bits per heavy atom. The van der Waals surface area contributed by atoms with Crippen molar-refractivity contribution in [2.75, 3.05) is 18.4 Å². The van der Waals surface area contributed by atoms with Gasteiger partial charge in [-0.1, -0.05) is 0 Å². The molecule has 1 aliphatic carbocycles. The van der Waals surface area contributed by atoms with Crippen LogP contribution in [-0.4, -0.2) is 46.0 Å². The van der Waals surface area contributed by atoms with Crippen molar-refractivity contribution >= 4 is 28.3 Å². The normalized spacial score (nSPS) is 21.9. The van der Waals surface area contributed by atoms with E-state index in [9.17, 15) is 9.59 Å². The monoisotopic (exact) mass is 295 g/mol. The van der Waals surface area contributed by atoms with Crippen molar-refractivity contribution in [1.29, 1.82) is 0 Å². The number of carboxylic acids is 1. The molecule has 1 aromatic heterocycles. The fraction of sp³-hybridized carbons (Fsp3) is 0.615. The molecule has 1 saturated heterocycles. The zero-order chi connectivity index (χ0) is 14.1. The maximum absolute atomic E-state index is 12.0. The maximum Gasteiger partial charge on any atom is 0.320 e. The predicted octanol–water partition coefficient (Wildman–Crippen LogP) is 1.12. The number of fused-ring (bicyclic) bond motifs is 1. The molecule has 2 aliphatic rings. The summed E-state index contributed by atoms with van der Waals surface area (Å²) in [5.41, 5.74) is 1.11. The number of nitrogens with zero attached hydrogens (tertiary/aromatic N) is 2. The van der Waals surface area contributed by atoms with Crippen LogP contribution in [0.3, 0.4) is 0 Å². The van der Waals surface area contributed by atoms with Crippen LogP contribution in [-0.2, 0) is 22.4 Å². The molecule has 7 heteroatoms. The number of amides is 1. The van der Waals surface area contributed by atoms with Crippen LogP contribution in [0.5, 0.6) is 0 Å². The molecule has 1 amide bonds. The first-order chi connectivity index (χ1) is 9.63. The minimum atomic E-state index is -0.844. The molecule has 1 aromatic rings. The summed E-state index contributed by atoms with van der Waals surface area (Å²) in [6.45, 7) is 0.792. The Kier molecular flexibility index (Phi) is 3.71. The zero-order valence-electron chi connectivity index (χ0n) is 11.1. The molecule has 0 saturated carbocycles. The van der Waals surface area contributed by atoms with E-state index in [1.165, 1.54) is 16.2 Å². The van der Waals surface area contributed by atoms with Crippen molar-refractivity contribution in [3.63, 3.8) is 0 Å². The number of thiazole rings is 1. The number of rotatable bonds is 4. The number of aromatic nitrogens is 1. The molecule has 2 N–H and O–H groups in total. The van der Waals surface area contributed by atoms with E-state index in [2.05, 4.69) is 10.3 Å². The molecule has 0 spiro atoms. The quantitative estimate of drug-likeness (QED) is 0.870. The molecule has 6 nitrogen and oxygen atoms in total.